The molecule has 0 fully saturated rings. The Morgan fingerprint density at radius 3 is 2.50 bits per heavy atom. The number of amides is 1. The van der Waals surface area contributed by atoms with Gasteiger partial charge in [-0.25, -0.2) is 0 Å². The summed E-state index contributed by atoms with van der Waals surface area (Å²) < 4.78 is 0. The maximum atomic E-state index is 11.3. The van der Waals surface area contributed by atoms with E-state index in [4.69, 9.17) is 5.73 Å². The Balaban J connectivity index is 3.44. The summed E-state index contributed by atoms with van der Waals surface area (Å²) in [5.41, 5.74) is 5.66. The Bertz CT molecular complexity index is 157. The summed E-state index contributed by atoms with van der Waals surface area (Å²) in [7, 11) is 0. The van der Waals surface area contributed by atoms with Crippen molar-refractivity contribution in [2.24, 2.45) is 11.7 Å². The fourth-order valence-electron chi connectivity index (χ4n) is 1.30. The Hall–Kier alpha value is -0.570. The first-order valence-corrected chi connectivity index (χ1v) is 5.61. The monoisotopic (exact) mass is 200 g/mol. The van der Waals surface area contributed by atoms with Gasteiger partial charge in [0.05, 0.1) is 6.04 Å². The molecule has 0 saturated carbocycles. The van der Waals surface area contributed by atoms with Gasteiger partial charge in [0, 0.05) is 6.54 Å². The van der Waals surface area contributed by atoms with Gasteiger partial charge in [0.25, 0.3) is 0 Å². The third-order valence-electron chi connectivity index (χ3n) is 2.19. The average Bonchev–Trinajstić information content (AvgIpc) is 2.12. The average molecular weight is 200 g/mol. The topological polar surface area (TPSA) is 55.1 Å². The fourth-order valence-corrected chi connectivity index (χ4v) is 1.30. The van der Waals surface area contributed by atoms with Crippen molar-refractivity contribution >= 4 is 5.91 Å². The number of nitrogens with one attached hydrogen (secondary N) is 1. The van der Waals surface area contributed by atoms with Gasteiger partial charge in [0.15, 0.2) is 0 Å². The summed E-state index contributed by atoms with van der Waals surface area (Å²) >= 11 is 0. The molecule has 0 saturated heterocycles. The van der Waals surface area contributed by atoms with Gasteiger partial charge < -0.3 is 11.1 Å². The molecule has 0 aliphatic carbocycles. The molecule has 0 heterocycles. The molecule has 0 aliphatic heterocycles. The molecular formula is C11H24N2O. The van der Waals surface area contributed by atoms with E-state index in [1.54, 1.807) is 0 Å². The van der Waals surface area contributed by atoms with Crippen LogP contribution in [0.5, 0.6) is 0 Å². The van der Waals surface area contributed by atoms with E-state index < -0.39 is 0 Å². The van der Waals surface area contributed by atoms with Crippen LogP contribution in [0.4, 0.5) is 0 Å². The SMILES string of the molecule is CCCC(N)C(=O)NCCCC(C)C. The van der Waals surface area contributed by atoms with Crippen molar-refractivity contribution in [2.75, 3.05) is 6.54 Å². The summed E-state index contributed by atoms with van der Waals surface area (Å²) in [5.74, 6) is 0.701. The van der Waals surface area contributed by atoms with Gasteiger partial charge in [-0.3, -0.25) is 4.79 Å². The van der Waals surface area contributed by atoms with E-state index in [0.29, 0.717) is 5.92 Å². The van der Waals surface area contributed by atoms with E-state index in [0.717, 1.165) is 32.2 Å². The van der Waals surface area contributed by atoms with E-state index >= 15 is 0 Å². The zero-order valence-electron chi connectivity index (χ0n) is 9.68. The Kier molecular flexibility index (Phi) is 7.48. The minimum absolute atomic E-state index is 0.00407. The first-order valence-electron chi connectivity index (χ1n) is 5.61. The van der Waals surface area contributed by atoms with Crippen molar-refractivity contribution in [3.8, 4) is 0 Å². The molecule has 0 aromatic rings. The van der Waals surface area contributed by atoms with Crippen LogP contribution in [0, 0.1) is 5.92 Å². The van der Waals surface area contributed by atoms with Crippen molar-refractivity contribution < 1.29 is 4.79 Å². The second-order valence-electron chi connectivity index (χ2n) is 4.22. The number of carbonyl (C=O) groups is 1. The molecule has 1 unspecified atom stereocenters. The van der Waals surface area contributed by atoms with Crippen LogP contribution in [0.25, 0.3) is 0 Å². The number of rotatable bonds is 7. The van der Waals surface area contributed by atoms with Crippen LogP contribution in [0.2, 0.25) is 0 Å². The minimum atomic E-state index is -0.320. The molecule has 84 valence electrons. The van der Waals surface area contributed by atoms with Crippen molar-refractivity contribution in [3.05, 3.63) is 0 Å². The molecule has 0 aromatic heterocycles. The smallest absolute Gasteiger partial charge is 0.236 e. The molecule has 0 radical (unpaired) electrons. The highest BCUT2D eigenvalue weighted by Crippen LogP contribution is 2.01. The number of hydrogen-bond donors (Lipinski definition) is 2. The highest BCUT2D eigenvalue weighted by atomic mass is 16.2. The predicted molar refractivity (Wildman–Crippen MR) is 60.0 cm³/mol. The molecule has 3 nitrogen and oxygen atoms in total. The largest absolute Gasteiger partial charge is 0.355 e. The van der Waals surface area contributed by atoms with E-state index in [-0.39, 0.29) is 11.9 Å². The third-order valence-corrected chi connectivity index (χ3v) is 2.19. The lowest BCUT2D eigenvalue weighted by molar-refractivity contribution is -0.122. The van der Waals surface area contributed by atoms with Crippen LogP contribution in [0.15, 0.2) is 0 Å². The number of carbonyl (C=O) groups excluding carboxylic acids is 1. The van der Waals surface area contributed by atoms with Crippen LogP contribution in [-0.4, -0.2) is 18.5 Å². The molecule has 1 amide bonds. The second kappa shape index (κ2) is 7.80. The van der Waals surface area contributed by atoms with Gasteiger partial charge in [0.2, 0.25) is 5.91 Å². The molecule has 3 heteroatoms. The van der Waals surface area contributed by atoms with Gasteiger partial charge in [-0.15, -0.1) is 0 Å². The van der Waals surface area contributed by atoms with Gasteiger partial charge in [-0.05, 0) is 25.2 Å². The maximum absolute atomic E-state index is 11.3. The van der Waals surface area contributed by atoms with E-state index in [1.165, 1.54) is 0 Å². The first kappa shape index (κ1) is 13.4. The van der Waals surface area contributed by atoms with Crippen molar-refractivity contribution in [2.45, 2.75) is 52.5 Å². The molecule has 0 rings (SSSR count). The lowest BCUT2D eigenvalue weighted by Gasteiger charge is -2.11. The van der Waals surface area contributed by atoms with Crippen LogP contribution in [0.1, 0.15) is 46.5 Å². The molecule has 3 N–H and O–H groups in total. The summed E-state index contributed by atoms with van der Waals surface area (Å²) in [4.78, 5) is 11.3. The lowest BCUT2D eigenvalue weighted by atomic mass is 10.1. The van der Waals surface area contributed by atoms with Crippen molar-refractivity contribution in [3.63, 3.8) is 0 Å². The second-order valence-corrected chi connectivity index (χ2v) is 4.22. The standard InChI is InChI=1S/C11H24N2O/c1-4-6-10(12)11(14)13-8-5-7-9(2)3/h9-10H,4-8,12H2,1-3H3,(H,13,14). The predicted octanol–water partition coefficient (Wildman–Crippen LogP) is 1.67. The van der Waals surface area contributed by atoms with Crippen LogP contribution in [0.3, 0.4) is 0 Å². The van der Waals surface area contributed by atoms with E-state index in [2.05, 4.69) is 19.2 Å². The molecule has 0 aromatic carbocycles. The maximum Gasteiger partial charge on any atom is 0.236 e. The summed E-state index contributed by atoms with van der Waals surface area (Å²) in [6, 6.07) is -0.320. The van der Waals surface area contributed by atoms with Gasteiger partial charge in [-0.2, -0.15) is 0 Å². The van der Waals surface area contributed by atoms with E-state index in [9.17, 15) is 4.79 Å². The minimum Gasteiger partial charge on any atom is -0.355 e. The zero-order chi connectivity index (χ0) is 11.0. The lowest BCUT2D eigenvalue weighted by Crippen LogP contribution is -2.40. The van der Waals surface area contributed by atoms with E-state index in [1.807, 2.05) is 6.92 Å². The molecule has 1 atom stereocenters. The van der Waals surface area contributed by atoms with Gasteiger partial charge >= 0.3 is 0 Å². The summed E-state index contributed by atoms with van der Waals surface area (Å²) in [6.45, 7) is 7.16. The summed E-state index contributed by atoms with van der Waals surface area (Å²) in [6.07, 6.45) is 3.93. The highest BCUT2D eigenvalue weighted by Gasteiger charge is 2.10. The Morgan fingerprint density at radius 2 is 2.00 bits per heavy atom. The van der Waals surface area contributed by atoms with Crippen LogP contribution in [-0.2, 0) is 4.79 Å². The third kappa shape index (κ3) is 6.89. The van der Waals surface area contributed by atoms with Gasteiger partial charge in [-0.1, -0.05) is 27.2 Å². The Morgan fingerprint density at radius 1 is 1.36 bits per heavy atom. The molecular weight excluding hydrogens is 176 g/mol. The summed E-state index contributed by atoms with van der Waals surface area (Å²) in [5, 5.41) is 2.86. The molecule has 0 aliphatic rings. The van der Waals surface area contributed by atoms with Crippen LogP contribution < -0.4 is 11.1 Å². The number of hydrogen-bond acceptors (Lipinski definition) is 2. The number of nitrogens with two attached hydrogens (primary N) is 1. The first-order chi connectivity index (χ1) is 6.57. The normalized spacial score (nSPS) is 12.9. The Labute approximate surface area is 87.4 Å². The zero-order valence-corrected chi connectivity index (χ0v) is 9.68. The fraction of sp³-hybridized carbons (Fsp3) is 0.909. The quantitative estimate of drug-likeness (QED) is 0.614. The molecule has 0 spiro atoms. The highest BCUT2D eigenvalue weighted by molar-refractivity contribution is 5.81. The van der Waals surface area contributed by atoms with Crippen LogP contribution >= 0.6 is 0 Å². The van der Waals surface area contributed by atoms with Crippen molar-refractivity contribution in [1.29, 1.82) is 0 Å². The molecule has 0 bridgehead atoms. The van der Waals surface area contributed by atoms with Gasteiger partial charge in [0.1, 0.15) is 0 Å². The van der Waals surface area contributed by atoms with Crippen molar-refractivity contribution in [1.82, 2.24) is 5.32 Å². The molecule has 14 heavy (non-hydrogen) atoms.